The van der Waals surface area contributed by atoms with Crippen molar-refractivity contribution in [2.75, 3.05) is 6.54 Å². The SMILES string of the molecule is CCn1nc(C)c(CN2CCCCC2c2ncn[nH]2)n1. The summed E-state index contributed by atoms with van der Waals surface area (Å²) in [7, 11) is 0. The van der Waals surface area contributed by atoms with E-state index in [1.807, 2.05) is 6.92 Å². The molecule has 1 fully saturated rings. The van der Waals surface area contributed by atoms with Crippen LogP contribution in [0, 0.1) is 6.92 Å². The molecule has 1 atom stereocenters. The van der Waals surface area contributed by atoms with Crippen molar-refractivity contribution in [3.05, 3.63) is 23.5 Å². The molecule has 0 aromatic carbocycles. The highest BCUT2D eigenvalue weighted by Crippen LogP contribution is 2.29. The zero-order chi connectivity index (χ0) is 13.9. The lowest BCUT2D eigenvalue weighted by Crippen LogP contribution is -2.34. The lowest BCUT2D eigenvalue weighted by molar-refractivity contribution is 0.132. The summed E-state index contributed by atoms with van der Waals surface area (Å²) >= 11 is 0. The zero-order valence-electron chi connectivity index (χ0n) is 12.1. The first-order valence-electron chi connectivity index (χ1n) is 7.28. The fourth-order valence-electron chi connectivity index (χ4n) is 2.81. The van der Waals surface area contributed by atoms with Crippen molar-refractivity contribution < 1.29 is 0 Å². The van der Waals surface area contributed by atoms with Gasteiger partial charge in [0.15, 0.2) is 0 Å². The second-order valence-corrected chi connectivity index (χ2v) is 5.27. The van der Waals surface area contributed by atoms with Crippen molar-refractivity contribution in [2.24, 2.45) is 0 Å². The van der Waals surface area contributed by atoms with Gasteiger partial charge in [-0.25, -0.2) is 4.98 Å². The molecule has 3 heterocycles. The molecule has 20 heavy (non-hydrogen) atoms. The van der Waals surface area contributed by atoms with Crippen LogP contribution in [0.1, 0.15) is 49.4 Å². The number of nitrogens with one attached hydrogen (secondary N) is 1. The van der Waals surface area contributed by atoms with Crippen LogP contribution in [-0.2, 0) is 13.1 Å². The molecule has 2 aromatic rings. The fraction of sp³-hybridized carbons (Fsp3) is 0.692. The average molecular weight is 275 g/mol. The highest BCUT2D eigenvalue weighted by molar-refractivity contribution is 5.07. The van der Waals surface area contributed by atoms with E-state index in [2.05, 4.69) is 37.2 Å². The molecular formula is C13H21N7. The number of hydrogen-bond donors (Lipinski definition) is 1. The number of nitrogens with zero attached hydrogens (tertiary/aromatic N) is 6. The third-order valence-corrected chi connectivity index (χ3v) is 3.92. The van der Waals surface area contributed by atoms with E-state index in [9.17, 15) is 0 Å². The van der Waals surface area contributed by atoms with Crippen LogP contribution in [0.3, 0.4) is 0 Å². The number of hydrogen-bond acceptors (Lipinski definition) is 5. The van der Waals surface area contributed by atoms with E-state index < -0.39 is 0 Å². The average Bonchev–Trinajstić information content (AvgIpc) is 3.10. The van der Waals surface area contributed by atoms with Gasteiger partial charge in [-0.2, -0.15) is 20.1 Å². The molecule has 0 saturated carbocycles. The van der Waals surface area contributed by atoms with Crippen molar-refractivity contribution in [3.63, 3.8) is 0 Å². The minimum absolute atomic E-state index is 0.317. The van der Waals surface area contributed by atoms with Crippen LogP contribution < -0.4 is 0 Å². The van der Waals surface area contributed by atoms with Gasteiger partial charge in [0.05, 0.1) is 24.0 Å². The quantitative estimate of drug-likeness (QED) is 0.914. The van der Waals surface area contributed by atoms with Crippen LogP contribution in [0.25, 0.3) is 0 Å². The van der Waals surface area contributed by atoms with Gasteiger partial charge in [-0.1, -0.05) is 6.42 Å². The van der Waals surface area contributed by atoms with Crippen molar-refractivity contribution in [3.8, 4) is 0 Å². The van der Waals surface area contributed by atoms with Crippen LogP contribution in [0.15, 0.2) is 6.33 Å². The highest BCUT2D eigenvalue weighted by Gasteiger charge is 2.27. The van der Waals surface area contributed by atoms with Crippen molar-refractivity contribution in [1.29, 1.82) is 0 Å². The monoisotopic (exact) mass is 275 g/mol. The minimum atomic E-state index is 0.317. The third-order valence-electron chi connectivity index (χ3n) is 3.92. The number of aromatic nitrogens is 6. The number of aromatic amines is 1. The summed E-state index contributed by atoms with van der Waals surface area (Å²) in [6, 6.07) is 0.317. The Kier molecular flexibility index (Phi) is 3.77. The van der Waals surface area contributed by atoms with Gasteiger partial charge in [0.2, 0.25) is 0 Å². The first kappa shape index (κ1) is 13.2. The molecule has 108 valence electrons. The Morgan fingerprint density at radius 3 is 2.95 bits per heavy atom. The van der Waals surface area contributed by atoms with E-state index >= 15 is 0 Å². The van der Waals surface area contributed by atoms with Gasteiger partial charge in [0.1, 0.15) is 12.2 Å². The first-order valence-corrected chi connectivity index (χ1v) is 7.28. The zero-order valence-corrected chi connectivity index (χ0v) is 12.1. The molecule has 0 spiro atoms. The molecule has 2 aromatic heterocycles. The number of aryl methyl sites for hydroxylation is 2. The lowest BCUT2D eigenvalue weighted by atomic mass is 10.0. The van der Waals surface area contributed by atoms with Crippen molar-refractivity contribution in [1.82, 2.24) is 35.1 Å². The molecule has 1 N–H and O–H groups in total. The molecule has 7 nitrogen and oxygen atoms in total. The van der Waals surface area contributed by atoms with Gasteiger partial charge in [-0.05, 0) is 33.2 Å². The summed E-state index contributed by atoms with van der Waals surface area (Å²) in [5.74, 6) is 0.963. The molecule has 1 saturated heterocycles. The molecule has 1 aliphatic heterocycles. The standard InChI is InChI=1S/C13H21N7/c1-3-20-17-10(2)11(18-20)8-19-7-5-4-6-12(19)13-14-9-15-16-13/h9,12H,3-8H2,1-2H3,(H,14,15,16). The second-order valence-electron chi connectivity index (χ2n) is 5.27. The fourth-order valence-corrected chi connectivity index (χ4v) is 2.81. The van der Waals surface area contributed by atoms with E-state index in [4.69, 9.17) is 0 Å². The molecule has 3 rings (SSSR count). The lowest BCUT2D eigenvalue weighted by Gasteiger charge is -2.33. The van der Waals surface area contributed by atoms with Crippen LogP contribution >= 0.6 is 0 Å². The van der Waals surface area contributed by atoms with E-state index in [1.165, 1.54) is 12.8 Å². The Hall–Kier alpha value is -1.76. The summed E-state index contributed by atoms with van der Waals surface area (Å²) in [4.78, 5) is 8.52. The maximum absolute atomic E-state index is 4.56. The van der Waals surface area contributed by atoms with Gasteiger partial charge in [-0.3, -0.25) is 10.00 Å². The molecular weight excluding hydrogens is 254 g/mol. The maximum Gasteiger partial charge on any atom is 0.141 e. The molecule has 1 unspecified atom stereocenters. The number of rotatable bonds is 4. The van der Waals surface area contributed by atoms with E-state index in [0.29, 0.717) is 6.04 Å². The number of piperidine rings is 1. The Labute approximate surface area is 118 Å². The molecule has 0 amide bonds. The van der Waals surface area contributed by atoms with Gasteiger partial charge in [-0.15, -0.1) is 0 Å². The number of H-pyrrole nitrogens is 1. The first-order chi connectivity index (χ1) is 9.78. The molecule has 0 aliphatic carbocycles. The Morgan fingerprint density at radius 1 is 1.35 bits per heavy atom. The topological polar surface area (TPSA) is 75.5 Å². The predicted octanol–water partition coefficient (Wildman–Crippen LogP) is 1.45. The summed E-state index contributed by atoms with van der Waals surface area (Å²) in [5.41, 5.74) is 2.09. The van der Waals surface area contributed by atoms with Gasteiger partial charge < -0.3 is 0 Å². The van der Waals surface area contributed by atoms with E-state index in [-0.39, 0.29) is 0 Å². The highest BCUT2D eigenvalue weighted by atomic mass is 15.5. The smallest absolute Gasteiger partial charge is 0.141 e. The molecule has 0 radical (unpaired) electrons. The molecule has 7 heteroatoms. The summed E-state index contributed by atoms with van der Waals surface area (Å²) in [6.45, 7) is 6.80. The predicted molar refractivity (Wildman–Crippen MR) is 73.8 cm³/mol. The molecule has 0 bridgehead atoms. The number of likely N-dealkylation sites (tertiary alicyclic amines) is 1. The summed E-state index contributed by atoms with van der Waals surface area (Å²) < 4.78 is 0. The minimum Gasteiger partial charge on any atom is -0.287 e. The second kappa shape index (κ2) is 5.70. The molecule has 1 aliphatic rings. The third kappa shape index (κ3) is 2.58. The Morgan fingerprint density at radius 2 is 2.25 bits per heavy atom. The van der Waals surface area contributed by atoms with E-state index in [0.717, 1.165) is 43.3 Å². The van der Waals surface area contributed by atoms with Crippen LogP contribution in [-0.4, -0.2) is 41.6 Å². The van der Waals surface area contributed by atoms with Crippen LogP contribution in [0.2, 0.25) is 0 Å². The van der Waals surface area contributed by atoms with Gasteiger partial charge in [0, 0.05) is 6.54 Å². The van der Waals surface area contributed by atoms with Crippen molar-refractivity contribution >= 4 is 0 Å². The van der Waals surface area contributed by atoms with Crippen LogP contribution in [0.4, 0.5) is 0 Å². The Balaban J connectivity index is 1.78. The van der Waals surface area contributed by atoms with Gasteiger partial charge in [0.25, 0.3) is 0 Å². The van der Waals surface area contributed by atoms with Crippen LogP contribution in [0.5, 0.6) is 0 Å². The summed E-state index contributed by atoms with van der Waals surface area (Å²) in [5, 5.41) is 16.0. The largest absolute Gasteiger partial charge is 0.287 e. The Bertz CT molecular complexity index is 545. The normalized spacial score (nSPS) is 20.4. The van der Waals surface area contributed by atoms with Crippen molar-refractivity contribution in [2.45, 2.75) is 52.2 Å². The van der Waals surface area contributed by atoms with Gasteiger partial charge >= 0.3 is 0 Å². The summed E-state index contributed by atoms with van der Waals surface area (Å²) in [6.07, 6.45) is 5.17. The maximum atomic E-state index is 4.56. The van der Waals surface area contributed by atoms with E-state index in [1.54, 1.807) is 11.1 Å².